The molecule has 3 N–H and O–H groups in total. The van der Waals surface area contributed by atoms with Gasteiger partial charge in [-0.1, -0.05) is 30.3 Å². The van der Waals surface area contributed by atoms with Gasteiger partial charge in [-0.05, 0) is 23.4 Å². The fourth-order valence-corrected chi connectivity index (χ4v) is 3.49. The Kier molecular flexibility index (Phi) is 5.27. The van der Waals surface area contributed by atoms with Crippen molar-refractivity contribution in [1.82, 2.24) is 10.2 Å². The summed E-state index contributed by atoms with van der Waals surface area (Å²) in [6.45, 7) is 1.96. The van der Waals surface area contributed by atoms with Gasteiger partial charge in [-0.3, -0.25) is 4.90 Å². The fourth-order valence-electron chi connectivity index (χ4n) is 2.90. The molecule has 0 saturated carbocycles. The number of urea groups is 1. The number of anilines is 1. The average Bonchev–Trinajstić information content (AvgIpc) is 3.16. The largest absolute Gasteiger partial charge is 0.392 e. The molecule has 2 unspecified atom stereocenters. The Morgan fingerprint density at radius 1 is 1.30 bits per heavy atom. The third-order valence-electron chi connectivity index (χ3n) is 4.01. The van der Waals surface area contributed by atoms with Gasteiger partial charge in [-0.2, -0.15) is 11.3 Å². The Labute approximate surface area is 139 Å². The van der Waals surface area contributed by atoms with E-state index in [1.807, 2.05) is 35.0 Å². The number of rotatable bonds is 5. The van der Waals surface area contributed by atoms with Crippen molar-refractivity contribution < 1.29 is 9.90 Å². The highest BCUT2D eigenvalue weighted by atomic mass is 32.1. The first-order valence-corrected chi connectivity index (χ1v) is 8.68. The molecule has 5 nitrogen and oxygen atoms in total. The number of aliphatic hydroxyl groups excluding tert-OH is 1. The molecule has 1 fully saturated rings. The number of thiophene rings is 1. The summed E-state index contributed by atoms with van der Waals surface area (Å²) in [5.41, 5.74) is 2.02. The van der Waals surface area contributed by atoms with Crippen molar-refractivity contribution in [3.8, 4) is 0 Å². The lowest BCUT2D eigenvalue weighted by Crippen LogP contribution is -2.41. The summed E-state index contributed by atoms with van der Waals surface area (Å²) in [6.07, 6.45) is 0.358. The molecule has 2 atom stereocenters. The SMILES string of the molecule is O=C(NCC1CC(O)CN1Cc1ccccc1)Nc1ccsc1. The standard InChI is InChI=1S/C17H21N3O2S/c21-16-8-15(9-18-17(22)19-14-6-7-23-12-14)20(11-16)10-13-4-2-1-3-5-13/h1-7,12,15-16,21H,8-11H2,(H2,18,19,22). The highest BCUT2D eigenvalue weighted by Gasteiger charge is 2.30. The number of β-amino-alcohol motifs (C(OH)–C–C–N with tert-alkyl or cyclic N) is 1. The Balaban J connectivity index is 1.52. The smallest absolute Gasteiger partial charge is 0.319 e. The highest BCUT2D eigenvalue weighted by Crippen LogP contribution is 2.20. The van der Waals surface area contributed by atoms with E-state index in [2.05, 4.69) is 27.7 Å². The van der Waals surface area contributed by atoms with Gasteiger partial charge in [0, 0.05) is 31.1 Å². The molecular weight excluding hydrogens is 310 g/mol. The number of benzene rings is 1. The van der Waals surface area contributed by atoms with Gasteiger partial charge in [0.25, 0.3) is 0 Å². The Bertz CT molecular complexity index is 618. The van der Waals surface area contributed by atoms with Crippen molar-refractivity contribution >= 4 is 23.1 Å². The third-order valence-corrected chi connectivity index (χ3v) is 4.69. The lowest BCUT2D eigenvalue weighted by atomic mass is 10.1. The summed E-state index contributed by atoms with van der Waals surface area (Å²) in [7, 11) is 0. The summed E-state index contributed by atoms with van der Waals surface area (Å²) in [5.74, 6) is 0. The molecule has 0 aliphatic carbocycles. The first kappa shape index (κ1) is 16.0. The van der Waals surface area contributed by atoms with Crippen LogP contribution in [0.2, 0.25) is 0 Å². The number of carbonyl (C=O) groups excluding carboxylic acids is 1. The Hall–Kier alpha value is -1.89. The van der Waals surface area contributed by atoms with E-state index in [1.54, 1.807) is 11.3 Å². The average molecular weight is 331 g/mol. The van der Waals surface area contributed by atoms with Crippen molar-refractivity contribution in [2.24, 2.45) is 0 Å². The molecular formula is C17H21N3O2S. The molecule has 1 aliphatic rings. The molecule has 2 aromatic rings. The first-order chi connectivity index (χ1) is 11.2. The summed E-state index contributed by atoms with van der Waals surface area (Å²) in [4.78, 5) is 14.1. The van der Waals surface area contributed by atoms with E-state index in [1.165, 1.54) is 5.56 Å². The third kappa shape index (κ3) is 4.54. The second-order valence-corrected chi connectivity index (χ2v) is 6.59. The molecule has 2 amide bonds. The van der Waals surface area contributed by atoms with E-state index in [9.17, 15) is 9.90 Å². The molecule has 2 heterocycles. The van der Waals surface area contributed by atoms with E-state index in [0.29, 0.717) is 19.5 Å². The van der Waals surface area contributed by atoms with Crippen LogP contribution in [0.5, 0.6) is 0 Å². The predicted molar refractivity (Wildman–Crippen MR) is 92.6 cm³/mol. The zero-order valence-electron chi connectivity index (χ0n) is 12.8. The fraction of sp³-hybridized carbons (Fsp3) is 0.353. The zero-order valence-corrected chi connectivity index (χ0v) is 13.6. The minimum atomic E-state index is -0.328. The highest BCUT2D eigenvalue weighted by molar-refractivity contribution is 7.08. The van der Waals surface area contributed by atoms with Crippen molar-refractivity contribution in [2.45, 2.75) is 25.1 Å². The van der Waals surface area contributed by atoms with Crippen LogP contribution in [0.25, 0.3) is 0 Å². The number of hydrogen-bond donors (Lipinski definition) is 3. The first-order valence-electron chi connectivity index (χ1n) is 7.74. The lowest BCUT2D eigenvalue weighted by Gasteiger charge is -2.24. The molecule has 1 aromatic carbocycles. The van der Waals surface area contributed by atoms with Crippen LogP contribution in [-0.4, -0.2) is 41.3 Å². The maximum atomic E-state index is 11.9. The van der Waals surface area contributed by atoms with Crippen molar-refractivity contribution in [2.75, 3.05) is 18.4 Å². The molecule has 23 heavy (non-hydrogen) atoms. The summed E-state index contributed by atoms with van der Waals surface area (Å²) in [5, 5.41) is 19.5. The predicted octanol–water partition coefficient (Wildman–Crippen LogP) is 2.50. The van der Waals surface area contributed by atoms with Crippen LogP contribution in [0.1, 0.15) is 12.0 Å². The number of carbonyl (C=O) groups is 1. The minimum Gasteiger partial charge on any atom is -0.392 e. The van der Waals surface area contributed by atoms with E-state index in [4.69, 9.17) is 0 Å². The number of nitrogens with one attached hydrogen (secondary N) is 2. The number of nitrogens with zero attached hydrogens (tertiary/aromatic N) is 1. The zero-order chi connectivity index (χ0) is 16.1. The number of likely N-dealkylation sites (tertiary alicyclic amines) is 1. The summed E-state index contributed by atoms with van der Waals surface area (Å²) < 4.78 is 0. The van der Waals surface area contributed by atoms with E-state index in [-0.39, 0.29) is 18.2 Å². The van der Waals surface area contributed by atoms with E-state index >= 15 is 0 Å². The topological polar surface area (TPSA) is 64.6 Å². The van der Waals surface area contributed by atoms with Gasteiger partial charge in [-0.15, -0.1) is 0 Å². The second-order valence-electron chi connectivity index (χ2n) is 5.81. The van der Waals surface area contributed by atoms with Crippen LogP contribution in [0.4, 0.5) is 10.5 Å². The molecule has 6 heteroatoms. The van der Waals surface area contributed by atoms with E-state index in [0.717, 1.165) is 12.2 Å². The van der Waals surface area contributed by atoms with Gasteiger partial charge >= 0.3 is 6.03 Å². The van der Waals surface area contributed by atoms with Crippen molar-refractivity contribution in [3.63, 3.8) is 0 Å². The van der Waals surface area contributed by atoms with Gasteiger partial charge in [-0.25, -0.2) is 4.79 Å². The molecule has 3 rings (SSSR count). The van der Waals surface area contributed by atoms with Crippen LogP contribution in [-0.2, 0) is 6.54 Å². The normalized spacial score (nSPS) is 21.3. The van der Waals surface area contributed by atoms with Gasteiger partial charge < -0.3 is 15.7 Å². The van der Waals surface area contributed by atoms with Crippen LogP contribution in [0.3, 0.4) is 0 Å². The lowest BCUT2D eigenvalue weighted by molar-refractivity contribution is 0.172. The Morgan fingerprint density at radius 3 is 2.87 bits per heavy atom. The molecule has 122 valence electrons. The van der Waals surface area contributed by atoms with Gasteiger partial charge in [0.15, 0.2) is 0 Å². The van der Waals surface area contributed by atoms with Crippen LogP contribution >= 0.6 is 11.3 Å². The monoisotopic (exact) mass is 331 g/mol. The summed E-state index contributed by atoms with van der Waals surface area (Å²) in [6, 6.07) is 12.0. The van der Waals surface area contributed by atoms with E-state index < -0.39 is 0 Å². The van der Waals surface area contributed by atoms with Crippen molar-refractivity contribution in [1.29, 1.82) is 0 Å². The molecule has 0 radical (unpaired) electrons. The second kappa shape index (κ2) is 7.59. The van der Waals surface area contributed by atoms with Crippen LogP contribution < -0.4 is 10.6 Å². The van der Waals surface area contributed by atoms with Gasteiger partial charge in [0.2, 0.25) is 0 Å². The molecule has 0 spiro atoms. The molecule has 0 bridgehead atoms. The molecule has 1 aliphatic heterocycles. The molecule has 1 aromatic heterocycles. The van der Waals surface area contributed by atoms with Crippen LogP contribution in [0, 0.1) is 0 Å². The van der Waals surface area contributed by atoms with Crippen LogP contribution in [0.15, 0.2) is 47.2 Å². The maximum absolute atomic E-state index is 11.9. The number of aliphatic hydroxyl groups is 1. The molecule has 1 saturated heterocycles. The van der Waals surface area contributed by atoms with Crippen molar-refractivity contribution in [3.05, 3.63) is 52.7 Å². The number of amides is 2. The number of hydrogen-bond acceptors (Lipinski definition) is 4. The van der Waals surface area contributed by atoms with Gasteiger partial charge in [0.05, 0.1) is 11.8 Å². The maximum Gasteiger partial charge on any atom is 0.319 e. The van der Waals surface area contributed by atoms with Gasteiger partial charge in [0.1, 0.15) is 0 Å². The quantitative estimate of drug-likeness (QED) is 0.789. The minimum absolute atomic E-state index is 0.151. The summed E-state index contributed by atoms with van der Waals surface area (Å²) >= 11 is 1.54. The Morgan fingerprint density at radius 2 is 2.13 bits per heavy atom.